The van der Waals surface area contributed by atoms with Crippen LogP contribution in [-0.2, 0) is 11.2 Å². The van der Waals surface area contributed by atoms with Gasteiger partial charge in [-0.3, -0.25) is 24.2 Å². The number of hydrogen-bond donors (Lipinski definition) is 4. The number of nitrogens with one attached hydrogen (secondary N) is 2. The van der Waals surface area contributed by atoms with Crippen LogP contribution < -0.4 is 15.4 Å². The minimum Gasteiger partial charge on any atom is -0.508 e. The smallest absolute Gasteiger partial charge is 0.262 e. The zero-order valence-electron chi connectivity index (χ0n) is 30.7. The molecular formula is C44H50N4O6. The van der Waals surface area contributed by atoms with Gasteiger partial charge in [0.05, 0.1) is 17.2 Å². The van der Waals surface area contributed by atoms with Gasteiger partial charge in [-0.1, -0.05) is 42.0 Å². The number of carbonyl (C=O) groups excluding carboxylic acids is 3. The van der Waals surface area contributed by atoms with Crippen molar-refractivity contribution in [2.45, 2.75) is 76.0 Å². The van der Waals surface area contributed by atoms with Crippen molar-refractivity contribution in [2.24, 2.45) is 11.8 Å². The maximum absolute atomic E-state index is 13.2. The monoisotopic (exact) mass is 730 g/mol. The Morgan fingerprint density at radius 3 is 2.46 bits per heavy atom. The summed E-state index contributed by atoms with van der Waals surface area (Å²) in [5, 5.41) is 26.4. The summed E-state index contributed by atoms with van der Waals surface area (Å²) in [6.45, 7) is 4.37. The van der Waals surface area contributed by atoms with E-state index in [1.54, 1.807) is 12.1 Å². The number of carbonyl (C=O) groups is 3. The number of phenols is 1. The molecule has 0 radical (unpaired) electrons. The molecule has 4 N–H and O–H groups in total. The largest absolute Gasteiger partial charge is 0.508 e. The lowest BCUT2D eigenvalue weighted by atomic mass is 9.68. The average molecular weight is 731 g/mol. The first kappa shape index (κ1) is 36.1. The SMILES string of the molecule is O=C1CCC(N2C(=O)c3ccc(NCCC4CCN(CCOc5ccc([C@@H]6c7ccc(O)cc7CC[C@@H]6C6=CC=CCC6)cc5)CC4)cc3C2=O)C(O)N1. The molecule has 3 heterocycles. The molecule has 0 bridgehead atoms. The van der Waals surface area contributed by atoms with Gasteiger partial charge < -0.3 is 25.6 Å². The van der Waals surface area contributed by atoms with E-state index in [4.69, 9.17) is 4.74 Å². The fourth-order valence-electron chi connectivity index (χ4n) is 9.24. The number of piperidine rings is 2. The van der Waals surface area contributed by atoms with Crippen molar-refractivity contribution in [3.8, 4) is 11.5 Å². The van der Waals surface area contributed by atoms with Crippen LogP contribution in [0.25, 0.3) is 0 Å². The molecule has 54 heavy (non-hydrogen) atoms. The molecule has 2 unspecified atom stereocenters. The highest BCUT2D eigenvalue weighted by molar-refractivity contribution is 6.22. The number of aliphatic hydroxyl groups is 1. The van der Waals surface area contributed by atoms with Crippen LogP contribution in [0.1, 0.15) is 94.7 Å². The van der Waals surface area contributed by atoms with Gasteiger partial charge in [0.2, 0.25) is 5.91 Å². The molecule has 10 nitrogen and oxygen atoms in total. The average Bonchev–Trinajstić information content (AvgIpc) is 3.43. The second-order valence-corrected chi connectivity index (χ2v) is 15.5. The highest BCUT2D eigenvalue weighted by Gasteiger charge is 2.44. The standard InChI is InChI=1S/C44H50N4O6/c49-33-10-15-36-31(26-33)8-13-35(29-4-2-1-3-5-29)41(36)30-6-11-34(12-7-30)54-25-24-47-22-19-28(20-23-47)18-21-45-32-9-14-37-38(27-32)44(53)48(43(37)52)39-16-17-40(50)46-42(39)51/h1-2,4,6-7,9-12,14-15,26-28,35,39,41-42,45,49,51H,3,5,8,13,16-25H2,(H,46,50)/t35-,39?,41+,42?/m1/s1. The van der Waals surface area contributed by atoms with Gasteiger partial charge in [0.1, 0.15) is 24.3 Å². The summed E-state index contributed by atoms with van der Waals surface area (Å²) in [7, 11) is 0. The first-order valence-electron chi connectivity index (χ1n) is 19.7. The number of nitrogens with zero attached hydrogens (tertiary/aromatic N) is 2. The minimum atomic E-state index is -1.26. The van der Waals surface area contributed by atoms with Crippen molar-refractivity contribution in [3.63, 3.8) is 0 Å². The number of aliphatic hydroxyl groups excluding tert-OH is 1. The van der Waals surface area contributed by atoms with E-state index in [0.29, 0.717) is 35.3 Å². The van der Waals surface area contributed by atoms with E-state index in [2.05, 4.69) is 64.1 Å². The number of aromatic hydroxyl groups is 1. The Labute approximate surface area is 316 Å². The lowest BCUT2D eigenvalue weighted by molar-refractivity contribution is -0.129. The van der Waals surface area contributed by atoms with Crippen molar-refractivity contribution in [1.82, 2.24) is 15.1 Å². The lowest BCUT2D eigenvalue weighted by Crippen LogP contribution is -2.57. The van der Waals surface area contributed by atoms with Crippen molar-refractivity contribution >= 4 is 23.4 Å². The molecule has 282 valence electrons. The minimum absolute atomic E-state index is 0.159. The third-order valence-corrected chi connectivity index (χ3v) is 12.2. The molecule has 3 aromatic carbocycles. The number of likely N-dealkylation sites (tertiary alicyclic amines) is 1. The summed E-state index contributed by atoms with van der Waals surface area (Å²) in [6.07, 6.45) is 13.5. The highest BCUT2D eigenvalue weighted by atomic mass is 16.5. The zero-order valence-corrected chi connectivity index (χ0v) is 30.7. The van der Waals surface area contributed by atoms with Gasteiger partial charge in [0.15, 0.2) is 0 Å². The summed E-state index contributed by atoms with van der Waals surface area (Å²) in [5.41, 5.74) is 6.85. The zero-order chi connectivity index (χ0) is 37.2. The van der Waals surface area contributed by atoms with Crippen molar-refractivity contribution in [1.29, 1.82) is 0 Å². The van der Waals surface area contributed by atoms with Crippen molar-refractivity contribution in [3.05, 3.63) is 112 Å². The Hall–Kier alpha value is -4.93. The number of ether oxygens (including phenoxy) is 1. The van der Waals surface area contributed by atoms with Gasteiger partial charge in [0.25, 0.3) is 11.8 Å². The van der Waals surface area contributed by atoms with Crippen LogP contribution in [0.3, 0.4) is 0 Å². The number of aryl methyl sites for hydroxylation is 1. The molecule has 3 aromatic rings. The first-order valence-corrected chi connectivity index (χ1v) is 19.7. The number of rotatable bonds is 11. The van der Waals surface area contributed by atoms with E-state index < -0.39 is 24.1 Å². The van der Waals surface area contributed by atoms with Crippen LogP contribution in [0.15, 0.2) is 84.5 Å². The van der Waals surface area contributed by atoms with Gasteiger partial charge >= 0.3 is 0 Å². The Morgan fingerprint density at radius 1 is 0.870 bits per heavy atom. The molecule has 2 fully saturated rings. The topological polar surface area (TPSA) is 131 Å². The van der Waals surface area contributed by atoms with Crippen LogP contribution in [-0.4, -0.2) is 82.8 Å². The van der Waals surface area contributed by atoms with E-state index in [1.165, 1.54) is 22.3 Å². The van der Waals surface area contributed by atoms with Gasteiger partial charge in [-0.2, -0.15) is 0 Å². The number of amides is 3. The second kappa shape index (κ2) is 15.8. The van der Waals surface area contributed by atoms with Crippen molar-refractivity contribution < 1.29 is 29.3 Å². The number of benzene rings is 3. The summed E-state index contributed by atoms with van der Waals surface area (Å²) in [4.78, 5) is 41.4. The number of phenolic OH excluding ortho intramolecular Hbond substituents is 1. The Bertz CT molecular complexity index is 1950. The molecule has 4 atom stereocenters. The fourth-order valence-corrected chi connectivity index (χ4v) is 9.24. The van der Waals surface area contributed by atoms with Gasteiger partial charge in [-0.25, -0.2) is 0 Å². The van der Waals surface area contributed by atoms with E-state index in [1.807, 2.05) is 18.2 Å². The molecule has 10 heteroatoms. The Balaban J connectivity index is 0.784. The predicted molar refractivity (Wildman–Crippen MR) is 207 cm³/mol. The molecule has 2 aliphatic carbocycles. The summed E-state index contributed by atoms with van der Waals surface area (Å²) in [6, 6.07) is 19.0. The molecule has 2 saturated heterocycles. The van der Waals surface area contributed by atoms with Crippen LogP contribution in [0.2, 0.25) is 0 Å². The molecule has 5 aliphatic rings. The normalized spacial score (nSPS) is 24.5. The third kappa shape index (κ3) is 7.54. The van der Waals surface area contributed by atoms with Crippen LogP contribution >= 0.6 is 0 Å². The summed E-state index contributed by atoms with van der Waals surface area (Å²) in [5.74, 6) is 1.41. The first-order chi connectivity index (χ1) is 26.3. The second-order valence-electron chi connectivity index (χ2n) is 15.5. The van der Waals surface area contributed by atoms with Crippen LogP contribution in [0, 0.1) is 11.8 Å². The summed E-state index contributed by atoms with van der Waals surface area (Å²) < 4.78 is 6.23. The molecule has 0 spiro atoms. The fraction of sp³-hybridized carbons (Fsp3) is 0.432. The maximum Gasteiger partial charge on any atom is 0.262 e. The van der Waals surface area contributed by atoms with Gasteiger partial charge in [-0.05, 0) is 135 Å². The Kier molecular flexibility index (Phi) is 10.6. The number of allylic oxidation sites excluding steroid dienone is 4. The molecular weight excluding hydrogens is 681 g/mol. The molecule has 0 saturated carbocycles. The third-order valence-electron chi connectivity index (χ3n) is 12.2. The lowest BCUT2D eigenvalue weighted by Gasteiger charge is -2.36. The van der Waals surface area contributed by atoms with Crippen molar-refractivity contribution in [2.75, 3.05) is 38.1 Å². The summed E-state index contributed by atoms with van der Waals surface area (Å²) >= 11 is 0. The van der Waals surface area contributed by atoms with Crippen LogP contribution in [0.5, 0.6) is 11.5 Å². The number of fused-ring (bicyclic) bond motifs is 2. The molecule has 3 amide bonds. The van der Waals surface area contributed by atoms with Gasteiger partial charge in [0, 0.05) is 31.1 Å². The van der Waals surface area contributed by atoms with Crippen LogP contribution in [0.4, 0.5) is 5.69 Å². The van der Waals surface area contributed by atoms with E-state index in [0.717, 1.165) is 87.5 Å². The number of imide groups is 1. The highest BCUT2D eigenvalue weighted by Crippen LogP contribution is 2.46. The Morgan fingerprint density at radius 2 is 1.69 bits per heavy atom. The van der Waals surface area contributed by atoms with E-state index in [9.17, 15) is 24.6 Å². The quantitative estimate of drug-likeness (QED) is 0.173. The van der Waals surface area contributed by atoms with E-state index in [-0.39, 0.29) is 24.7 Å². The molecule has 3 aliphatic heterocycles. The van der Waals surface area contributed by atoms with E-state index >= 15 is 0 Å². The molecule has 8 rings (SSSR count). The number of anilines is 1. The number of hydrogen-bond acceptors (Lipinski definition) is 8. The maximum atomic E-state index is 13.2. The molecule has 0 aromatic heterocycles. The predicted octanol–water partition coefficient (Wildman–Crippen LogP) is 6.15. The van der Waals surface area contributed by atoms with Gasteiger partial charge in [-0.15, -0.1) is 0 Å².